The van der Waals surface area contributed by atoms with Gasteiger partial charge in [0.15, 0.2) is 0 Å². The molecule has 3 fully saturated rings. The van der Waals surface area contributed by atoms with E-state index in [1.807, 2.05) is 0 Å². The van der Waals surface area contributed by atoms with Crippen molar-refractivity contribution in [2.24, 2.45) is 34.4 Å². The van der Waals surface area contributed by atoms with Crippen molar-refractivity contribution in [3.63, 3.8) is 0 Å². The fraction of sp³-hybridized carbons (Fsp3) is 0.895. The Labute approximate surface area is 134 Å². The van der Waals surface area contributed by atoms with Gasteiger partial charge in [-0.05, 0) is 80.0 Å². The molecule has 0 radical (unpaired) electrons. The molecule has 124 valence electrons. The second-order valence-electron chi connectivity index (χ2n) is 9.00. The maximum atomic E-state index is 10.1. The summed E-state index contributed by atoms with van der Waals surface area (Å²) in [6, 6.07) is 0.504. The van der Waals surface area contributed by atoms with E-state index in [1.165, 1.54) is 38.5 Å². The molecule has 0 aromatic rings. The van der Waals surface area contributed by atoms with Crippen LogP contribution in [0.1, 0.15) is 65.2 Å². The van der Waals surface area contributed by atoms with Crippen molar-refractivity contribution in [1.82, 2.24) is 5.43 Å². The van der Waals surface area contributed by atoms with Crippen LogP contribution in [-0.4, -0.2) is 17.3 Å². The van der Waals surface area contributed by atoms with E-state index in [-0.39, 0.29) is 6.10 Å². The highest BCUT2D eigenvalue weighted by atomic mass is 16.3. The lowest BCUT2D eigenvalue weighted by Gasteiger charge is -2.58. The number of fused-ring (bicyclic) bond motifs is 5. The topological polar surface area (TPSA) is 58.3 Å². The third-order valence-corrected chi connectivity index (χ3v) is 8.28. The number of nitrogens with one attached hydrogen (secondary N) is 1. The standard InChI is InChI=1S/C19H32N2O/c1-18-9-7-13(22)11-12(18)3-4-14-15-5-6-17(21-20)19(15,2)10-8-16(14)18/h3,13-17,21-22H,4-11,20H2,1-2H3/t13?,14-,15-,16+,17?,18-,19-/m0/s1. The molecule has 0 aromatic carbocycles. The van der Waals surface area contributed by atoms with Crippen molar-refractivity contribution >= 4 is 0 Å². The maximum Gasteiger partial charge on any atom is 0.0577 e. The molecular formula is C19H32N2O. The highest BCUT2D eigenvalue weighted by Crippen LogP contribution is 2.64. The molecule has 2 unspecified atom stereocenters. The van der Waals surface area contributed by atoms with E-state index in [0.717, 1.165) is 30.6 Å². The van der Waals surface area contributed by atoms with Crippen LogP contribution < -0.4 is 11.3 Å². The largest absolute Gasteiger partial charge is 0.393 e. The highest BCUT2D eigenvalue weighted by Gasteiger charge is 2.58. The lowest BCUT2D eigenvalue weighted by Crippen LogP contribution is -2.54. The third-order valence-electron chi connectivity index (χ3n) is 8.28. The summed E-state index contributed by atoms with van der Waals surface area (Å²) < 4.78 is 0. The molecule has 0 bridgehead atoms. The van der Waals surface area contributed by atoms with E-state index in [0.29, 0.717) is 16.9 Å². The SMILES string of the molecule is C[C@]12CCC(O)CC1=CC[C@@H]1[C@H]2CC[C@]2(C)C(NN)CC[C@@H]12. The van der Waals surface area contributed by atoms with Crippen LogP contribution in [0.5, 0.6) is 0 Å². The molecule has 3 saturated carbocycles. The first-order valence-electron chi connectivity index (χ1n) is 9.33. The number of rotatable bonds is 1. The molecule has 22 heavy (non-hydrogen) atoms. The minimum atomic E-state index is -0.0953. The van der Waals surface area contributed by atoms with E-state index < -0.39 is 0 Å². The molecule has 0 saturated heterocycles. The van der Waals surface area contributed by atoms with Crippen LogP contribution in [0.3, 0.4) is 0 Å². The number of hydrazine groups is 1. The van der Waals surface area contributed by atoms with Crippen molar-refractivity contribution < 1.29 is 5.11 Å². The summed E-state index contributed by atoms with van der Waals surface area (Å²) in [5, 5.41) is 10.1. The first kappa shape index (κ1) is 15.2. The maximum absolute atomic E-state index is 10.1. The molecular weight excluding hydrogens is 272 g/mol. The van der Waals surface area contributed by atoms with Gasteiger partial charge < -0.3 is 5.11 Å². The van der Waals surface area contributed by atoms with Crippen LogP contribution >= 0.6 is 0 Å². The zero-order valence-corrected chi connectivity index (χ0v) is 14.1. The highest BCUT2D eigenvalue weighted by molar-refractivity contribution is 5.25. The summed E-state index contributed by atoms with van der Waals surface area (Å²) in [5.74, 6) is 8.34. The van der Waals surface area contributed by atoms with Crippen LogP contribution in [0.15, 0.2) is 11.6 Å². The Balaban J connectivity index is 1.66. The normalized spacial score (nSPS) is 54.2. The smallest absolute Gasteiger partial charge is 0.0577 e. The van der Waals surface area contributed by atoms with Gasteiger partial charge in [0.1, 0.15) is 0 Å². The van der Waals surface area contributed by atoms with Crippen molar-refractivity contribution in [2.75, 3.05) is 0 Å². The Morgan fingerprint density at radius 3 is 2.73 bits per heavy atom. The number of allylic oxidation sites excluding steroid dienone is 1. The van der Waals surface area contributed by atoms with Gasteiger partial charge in [0.25, 0.3) is 0 Å². The summed E-state index contributed by atoms with van der Waals surface area (Å²) in [6.07, 6.45) is 12.0. The van der Waals surface area contributed by atoms with Crippen LogP contribution in [-0.2, 0) is 0 Å². The van der Waals surface area contributed by atoms with Crippen LogP contribution in [0, 0.1) is 28.6 Å². The third kappa shape index (κ3) is 1.91. The molecule has 4 aliphatic carbocycles. The van der Waals surface area contributed by atoms with Gasteiger partial charge in [-0.2, -0.15) is 0 Å². The molecule has 4 rings (SSSR count). The first-order chi connectivity index (χ1) is 10.5. The molecule has 3 nitrogen and oxygen atoms in total. The molecule has 4 aliphatic rings. The molecule has 0 amide bonds. The average Bonchev–Trinajstić information content (AvgIpc) is 2.84. The number of hydrogen-bond donors (Lipinski definition) is 3. The fourth-order valence-corrected chi connectivity index (χ4v) is 6.92. The Hall–Kier alpha value is -0.380. The zero-order chi connectivity index (χ0) is 15.5. The van der Waals surface area contributed by atoms with Crippen molar-refractivity contribution in [3.8, 4) is 0 Å². The number of hydrogen-bond acceptors (Lipinski definition) is 3. The van der Waals surface area contributed by atoms with E-state index in [1.54, 1.807) is 5.57 Å². The minimum Gasteiger partial charge on any atom is -0.393 e. The van der Waals surface area contributed by atoms with Crippen molar-refractivity contribution in [2.45, 2.75) is 77.4 Å². The summed E-state index contributed by atoms with van der Waals surface area (Å²) in [4.78, 5) is 0. The summed E-state index contributed by atoms with van der Waals surface area (Å²) >= 11 is 0. The molecule has 4 N–H and O–H groups in total. The van der Waals surface area contributed by atoms with E-state index >= 15 is 0 Å². The monoisotopic (exact) mass is 304 g/mol. The molecule has 0 spiro atoms. The second kappa shape index (κ2) is 5.06. The minimum absolute atomic E-state index is 0.0953. The number of aliphatic hydroxyl groups is 1. The summed E-state index contributed by atoms with van der Waals surface area (Å²) in [7, 11) is 0. The van der Waals surface area contributed by atoms with Gasteiger partial charge >= 0.3 is 0 Å². The van der Waals surface area contributed by atoms with Crippen LogP contribution in [0.25, 0.3) is 0 Å². The van der Waals surface area contributed by atoms with Gasteiger partial charge in [-0.1, -0.05) is 25.5 Å². The van der Waals surface area contributed by atoms with Gasteiger partial charge in [0.2, 0.25) is 0 Å². The number of nitrogens with two attached hydrogens (primary N) is 1. The van der Waals surface area contributed by atoms with E-state index in [4.69, 9.17) is 5.84 Å². The number of aliphatic hydroxyl groups excluding tert-OH is 1. The van der Waals surface area contributed by atoms with E-state index in [9.17, 15) is 5.11 Å². The Bertz CT molecular complexity index is 490. The lowest BCUT2D eigenvalue weighted by molar-refractivity contribution is -0.0433. The van der Waals surface area contributed by atoms with Crippen LogP contribution in [0.4, 0.5) is 0 Å². The quantitative estimate of drug-likeness (QED) is 0.396. The van der Waals surface area contributed by atoms with Gasteiger partial charge in [0.05, 0.1) is 6.10 Å². The second-order valence-corrected chi connectivity index (χ2v) is 9.00. The average molecular weight is 304 g/mol. The van der Waals surface area contributed by atoms with Crippen LogP contribution in [0.2, 0.25) is 0 Å². The first-order valence-corrected chi connectivity index (χ1v) is 9.33. The molecule has 3 heteroatoms. The molecule has 7 atom stereocenters. The predicted octanol–water partition coefficient (Wildman–Crippen LogP) is 3.14. The Morgan fingerprint density at radius 1 is 1.14 bits per heavy atom. The molecule has 0 heterocycles. The Kier molecular flexibility index (Phi) is 3.49. The zero-order valence-electron chi connectivity index (χ0n) is 14.1. The van der Waals surface area contributed by atoms with Crippen molar-refractivity contribution in [3.05, 3.63) is 11.6 Å². The van der Waals surface area contributed by atoms with Gasteiger partial charge in [-0.15, -0.1) is 0 Å². The van der Waals surface area contributed by atoms with Gasteiger partial charge in [-0.3, -0.25) is 11.3 Å². The molecule has 0 aliphatic heterocycles. The van der Waals surface area contributed by atoms with Gasteiger partial charge in [0, 0.05) is 6.04 Å². The fourth-order valence-electron chi connectivity index (χ4n) is 6.92. The van der Waals surface area contributed by atoms with Gasteiger partial charge in [-0.25, -0.2) is 0 Å². The predicted molar refractivity (Wildman–Crippen MR) is 88.8 cm³/mol. The Morgan fingerprint density at radius 2 is 1.95 bits per heavy atom. The molecule has 0 aromatic heterocycles. The summed E-state index contributed by atoms with van der Waals surface area (Å²) in [6.45, 7) is 4.98. The summed E-state index contributed by atoms with van der Waals surface area (Å²) in [5.41, 5.74) is 5.45. The lowest BCUT2D eigenvalue weighted by atomic mass is 9.48. The van der Waals surface area contributed by atoms with Crippen molar-refractivity contribution in [1.29, 1.82) is 0 Å². The van der Waals surface area contributed by atoms with E-state index in [2.05, 4.69) is 25.3 Å².